The van der Waals surface area contributed by atoms with E-state index in [9.17, 15) is 19.8 Å². The second-order valence-corrected chi connectivity index (χ2v) is 8.79. The van der Waals surface area contributed by atoms with Gasteiger partial charge in [-0.2, -0.15) is 0 Å². The van der Waals surface area contributed by atoms with Gasteiger partial charge >= 0.3 is 5.97 Å². The minimum atomic E-state index is -0.981. The Morgan fingerprint density at radius 1 is 1.38 bits per heavy atom. The van der Waals surface area contributed by atoms with Gasteiger partial charge in [-0.05, 0) is 59.6 Å². The smallest absolute Gasteiger partial charge is 0.317 e. The fourth-order valence-corrected chi connectivity index (χ4v) is 4.01. The maximum atomic E-state index is 11.7. The summed E-state index contributed by atoms with van der Waals surface area (Å²) in [7, 11) is 1.64. The lowest BCUT2D eigenvalue weighted by molar-refractivity contribution is -0.138. The number of aromatic hydroxyl groups is 1. The van der Waals surface area contributed by atoms with Crippen LogP contribution in [-0.4, -0.2) is 57.8 Å². The number of aliphatic hydroxyl groups is 1. The van der Waals surface area contributed by atoms with E-state index >= 15 is 0 Å². The molecule has 2 unspecified atom stereocenters. The van der Waals surface area contributed by atoms with E-state index < -0.39 is 17.7 Å². The Kier molecular flexibility index (Phi) is 9.04. The summed E-state index contributed by atoms with van der Waals surface area (Å²) in [6.07, 6.45) is 9.56. The van der Waals surface area contributed by atoms with E-state index in [0.29, 0.717) is 29.6 Å². The first-order valence-electron chi connectivity index (χ1n) is 11.0. The second-order valence-electron chi connectivity index (χ2n) is 8.79. The zero-order chi connectivity index (χ0) is 23.9. The summed E-state index contributed by atoms with van der Waals surface area (Å²) in [6.45, 7) is 5.88. The highest BCUT2D eigenvalue weighted by Crippen LogP contribution is 2.44. The summed E-state index contributed by atoms with van der Waals surface area (Å²) in [5.74, 6) is -0.718. The van der Waals surface area contributed by atoms with Gasteiger partial charge in [0, 0.05) is 29.7 Å². The van der Waals surface area contributed by atoms with Crippen LogP contribution in [0.3, 0.4) is 0 Å². The summed E-state index contributed by atoms with van der Waals surface area (Å²) < 4.78 is 6.29. The number of carbonyl (C=O) groups is 2. The van der Waals surface area contributed by atoms with E-state index in [4.69, 9.17) is 9.84 Å². The molecular formula is C25H35NO6. The highest BCUT2D eigenvalue weighted by atomic mass is 16.5. The minimum Gasteiger partial charge on any atom is -0.508 e. The minimum absolute atomic E-state index is 0.104. The van der Waals surface area contributed by atoms with Gasteiger partial charge in [0.1, 0.15) is 17.1 Å². The van der Waals surface area contributed by atoms with Gasteiger partial charge in [0.2, 0.25) is 0 Å². The Hall–Kier alpha value is -2.64. The van der Waals surface area contributed by atoms with Crippen molar-refractivity contribution in [3.05, 3.63) is 46.6 Å². The normalized spacial score (nSPS) is 20.9. The third kappa shape index (κ3) is 6.43. The number of aliphatic carboxylic acids is 1. The molecule has 1 aromatic carbocycles. The molecule has 176 valence electrons. The zero-order valence-corrected chi connectivity index (χ0v) is 19.4. The summed E-state index contributed by atoms with van der Waals surface area (Å²) >= 11 is 0. The quantitative estimate of drug-likeness (QED) is 0.351. The largest absolute Gasteiger partial charge is 0.508 e. The first kappa shape index (κ1) is 25.6. The molecule has 0 saturated heterocycles. The molecule has 0 aliphatic carbocycles. The van der Waals surface area contributed by atoms with Crippen LogP contribution < -0.4 is 4.74 Å². The number of fused-ring (bicyclic) bond motifs is 1. The molecule has 32 heavy (non-hydrogen) atoms. The summed E-state index contributed by atoms with van der Waals surface area (Å²) in [5.41, 5.74) is 1.58. The fourth-order valence-electron chi connectivity index (χ4n) is 4.01. The topological polar surface area (TPSA) is 107 Å². The van der Waals surface area contributed by atoms with E-state index in [0.717, 1.165) is 19.3 Å². The van der Waals surface area contributed by atoms with Gasteiger partial charge < -0.3 is 20.1 Å². The van der Waals surface area contributed by atoms with Gasteiger partial charge in [-0.1, -0.05) is 23.8 Å². The molecule has 0 aromatic heterocycles. The van der Waals surface area contributed by atoms with Crippen LogP contribution >= 0.6 is 0 Å². The van der Waals surface area contributed by atoms with Crippen molar-refractivity contribution in [3.8, 4) is 11.5 Å². The first-order valence-corrected chi connectivity index (χ1v) is 11.0. The predicted octanol–water partition coefficient (Wildman–Crippen LogP) is 3.86. The van der Waals surface area contributed by atoms with Gasteiger partial charge in [-0.15, -0.1) is 0 Å². The van der Waals surface area contributed by atoms with Gasteiger partial charge in [0.15, 0.2) is 6.29 Å². The van der Waals surface area contributed by atoms with Crippen LogP contribution in [-0.2, 0) is 17.8 Å². The van der Waals surface area contributed by atoms with Crippen molar-refractivity contribution in [1.82, 2.24) is 4.90 Å². The number of phenolic OH excluding ortho intramolecular Hbond substituents is 1. The monoisotopic (exact) mass is 445 g/mol. The van der Waals surface area contributed by atoms with Crippen LogP contribution in [0.25, 0.3) is 0 Å². The zero-order valence-electron chi connectivity index (χ0n) is 19.4. The lowest BCUT2D eigenvalue weighted by Gasteiger charge is -2.41. The number of hydrogen-bond donors (Lipinski definition) is 3. The molecule has 3 N–H and O–H groups in total. The number of aliphatic hydroxyl groups excluding tert-OH is 1. The number of phenols is 1. The number of aldehydes is 1. The Morgan fingerprint density at radius 3 is 2.72 bits per heavy atom. The molecule has 1 aliphatic rings. The standard InChI is InChI=1S/C25H35NO6/c1-5-6-7-9-17(2)10-8-11-25(3)22(29)13-19-21(28)12-18(16-27)20(24(19)32-25)14-26(4)15-23(30)31/h5-6,10,12,16,22,28-29H,7-9,11,13-15H2,1-4H3,(H,30,31)/b6-5-,17-10+. The Labute approximate surface area is 190 Å². The van der Waals surface area contributed by atoms with Crippen molar-refractivity contribution in [2.24, 2.45) is 0 Å². The number of hydrogen-bond acceptors (Lipinski definition) is 6. The number of ether oxygens (including phenoxy) is 1. The van der Waals surface area contributed by atoms with Crippen LogP contribution in [0.4, 0.5) is 0 Å². The molecule has 7 heteroatoms. The van der Waals surface area contributed by atoms with Crippen molar-refractivity contribution >= 4 is 12.3 Å². The van der Waals surface area contributed by atoms with Crippen molar-refractivity contribution in [2.45, 2.75) is 71.1 Å². The average molecular weight is 446 g/mol. The van der Waals surface area contributed by atoms with Crippen LogP contribution in [0.1, 0.15) is 67.9 Å². The second kappa shape index (κ2) is 11.3. The lowest BCUT2D eigenvalue weighted by Crippen LogP contribution is -2.49. The van der Waals surface area contributed by atoms with Crippen LogP contribution in [0.5, 0.6) is 11.5 Å². The number of nitrogens with zero attached hydrogens (tertiary/aromatic N) is 1. The third-order valence-electron chi connectivity index (χ3n) is 5.97. The van der Waals surface area contributed by atoms with E-state index in [-0.39, 0.29) is 30.8 Å². The number of carbonyl (C=O) groups excluding carboxylic acids is 1. The molecule has 1 heterocycles. The van der Waals surface area contributed by atoms with Gasteiger partial charge in [-0.25, -0.2) is 0 Å². The molecule has 0 spiro atoms. The van der Waals surface area contributed by atoms with Crippen molar-refractivity contribution in [1.29, 1.82) is 0 Å². The van der Waals surface area contributed by atoms with Crippen LogP contribution in [0.15, 0.2) is 29.9 Å². The number of carboxylic acid groups (broad SMARTS) is 1. The van der Waals surface area contributed by atoms with Crippen LogP contribution in [0, 0.1) is 0 Å². The summed E-state index contributed by atoms with van der Waals surface area (Å²) in [4.78, 5) is 24.3. The van der Waals surface area contributed by atoms with Crippen molar-refractivity contribution in [3.63, 3.8) is 0 Å². The molecule has 2 rings (SSSR count). The Balaban J connectivity index is 2.29. The van der Waals surface area contributed by atoms with E-state index in [2.05, 4.69) is 19.1 Å². The lowest BCUT2D eigenvalue weighted by atomic mass is 9.84. The molecule has 1 aromatic rings. The molecule has 0 fully saturated rings. The molecule has 0 bridgehead atoms. The molecular weight excluding hydrogens is 410 g/mol. The van der Waals surface area contributed by atoms with E-state index in [1.165, 1.54) is 11.6 Å². The van der Waals surface area contributed by atoms with Gasteiger partial charge in [0.05, 0.1) is 12.6 Å². The van der Waals surface area contributed by atoms with Gasteiger partial charge in [0.25, 0.3) is 0 Å². The number of allylic oxidation sites excluding steroid dienone is 4. The van der Waals surface area contributed by atoms with Gasteiger partial charge in [-0.3, -0.25) is 14.5 Å². The molecule has 0 amide bonds. The number of carboxylic acids is 1. The first-order chi connectivity index (χ1) is 15.1. The summed E-state index contributed by atoms with van der Waals surface area (Å²) in [6, 6.07) is 1.35. The van der Waals surface area contributed by atoms with E-state index in [1.54, 1.807) is 11.9 Å². The maximum absolute atomic E-state index is 11.7. The van der Waals surface area contributed by atoms with E-state index in [1.807, 2.05) is 19.9 Å². The predicted molar refractivity (Wildman–Crippen MR) is 123 cm³/mol. The fraction of sp³-hybridized carbons (Fsp3) is 0.520. The maximum Gasteiger partial charge on any atom is 0.317 e. The highest BCUT2D eigenvalue weighted by Gasteiger charge is 2.42. The molecule has 0 radical (unpaired) electrons. The summed E-state index contributed by atoms with van der Waals surface area (Å²) in [5, 5.41) is 30.3. The molecule has 0 saturated carbocycles. The SMILES string of the molecule is C/C=C\CC/C(C)=C/CCC1(C)Oc2c(c(O)cc(C=O)c2CN(C)CC(=O)O)CC1O. The third-order valence-corrected chi connectivity index (χ3v) is 5.97. The average Bonchev–Trinajstić information content (AvgIpc) is 2.71. The van der Waals surface area contributed by atoms with Crippen molar-refractivity contribution < 1.29 is 29.6 Å². The number of benzene rings is 1. The molecule has 2 atom stereocenters. The number of rotatable bonds is 11. The Bertz CT molecular complexity index is 891. The van der Waals surface area contributed by atoms with Crippen LogP contribution in [0.2, 0.25) is 0 Å². The van der Waals surface area contributed by atoms with Crippen molar-refractivity contribution in [2.75, 3.05) is 13.6 Å². The molecule has 1 aliphatic heterocycles. The number of likely N-dealkylation sites (N-methyl/N-ethyl adjacent to an activating group) is 1. The molecule has 7 nitrogen and oxygen atoms in total. The highest BCUT2D eigenvalue weighted by molar-refractivity contribution is 5.81. The Morgan fingerprint density at radius 2 is 2.09 bits per heavy atom.